The summed E-state index contributed by atoms with van der Waals surface area (Å²) in [6, 6.07) is 17.1. The van der Waals surface area contributed by atoms with E-state index in [2.05, 4.69) is 10.9 Å². The molecule has 3 heteroatoms. The molecular formula is C22H18N2O. The lowest BCUT2D eigenvalue weighted by atomic mass is 10.0. The van der Waals surface area contributed by atoms with Crippen molar-refractivity contribution in [3.63, 3.8) is 0 Å². The molecule has 122 valence electrons. The van der Waals surface area contributed by atoms with Crippen LogP contribution in [-0.2, 0) is 0 Å². The first-order valence-electron chi connectivity index (χ1n) is 7.97. The van der Waals surface area contributed by atoms with Crippen molar-refractivity contribution in [2.45, 2.75) is 6.92 Å². The monoisotopic (exact) mass is 326 g/mol. The molecule has 1 heterocycles. The minimum atomic E-state index is 0.184. The van der Waals surface area contributed by atoms with Gasteiger partial charge >= 0.3 is 0 Å². The molecule has 0 saturated carbocycles. The second kappa shape index (κ2) is 7.37. The van der Waals surface area contributed by atoms with Crippen molar-refractivity contribution >= 4 is 5.57 Å². The van der Waals surface area contributed by atoms with Crippen molar-refractivity contribution in [2.24, 2.45) is 0 Å². The summed E-state index contributed by atoms with van der Waals surface area (Å²) in [7, 11) is 0. The molecule has 0 unspecified atom stereocenters. The summed E-state index contributed by atoms with van der Waals surface area (Å²) in [4.78, 5) is 8.08. The van der Waals surface area contributed by atoms with Crippen LogP contribution in [0.5, 0.6) is 5.75 Å². The zero-order valence-corrected chi connectivity index (χ0v) is 13.9. The Morgan fingerprint density at radius 3 is 2.52 bits per heavy atom. The summed E-state index contributed by atoms with van der Waals surface area (Å²) in [6.07, 6.45) is 10.9. The van der Waals surface area contributed by atoms with E-state index in [1.165, 1.54) is 0 Å². The number of phenolic OH excluding ortho intramolecular Hbond substituents is 1. The minimum absolute atomic E-state index is 0.184. The highest BCUT2D eigenvalue weighted by Gasteiger charge is 2.16. The maximum absolute atomic E-state index is 10.2. The number of H-pyrrole nitrogens is 1. The zero-order chi connectivity index (χ0) is 17.6. The smallest absolute Gasteiger partial charge is 0.142 e. The molecule has 0 amide bonds. The average molecular weight is 326 g/mol. The molecule has 3 aromatic rings. The van der Waals surface area contributed by atoms with Gasteiger partial charge in [-0.15, -0.1) is 6.42 Å². The number of hydrogen-bond donors (Lipinski definition) is 2. The fourth-order valence-electron chi connectivity index (χ4n) is 2.65. The van der Waals surface area contributed by atoms with E-state index in [9.17, 15) is 5.11 Å². The van der Waals surface area contributed by atoms with Crippen LogP contribution in [0, 0.1) is 12.3 Å². The van der Waals surface area contributed by atoms with E-state index in [-0.39, 0.29) is 5.75 Å². The highest BCUT2D eigenvalue weighted by Crippen LogP contribution is 2.33. The Balaban J connectivity index is 2.21. The number of aromatic nitrogens is 2. The third kappa shape index (κ3) is 3.39. The molecule has 25 heavy (non-hydrogen) atoms. The molecule has 0 aliphatic rings. The summed E-state index contributed by atoms with van der Waals surface area (Å²) < 4.78 is 0. The summed E-state index contributed by atoms with van der Waals surface area (Å²) >= 11 is 0. The largest absolute Gasteiger partial charge is 0.507 e. The van der Waals surface area contributed by atoms with Crippen LogP contribution in [0.15, 0.2) is 72.8 Å². The van der Waals surface area contributed by atoms with Gasteiger partial charge in [-0.2, -0.15) is 0 Å². The Kier molecular flexibility index (Phi) is 4.82. The van der Waals surface area contributed by atoms with Gasteiger partial charge in [0.2, 0.25) is 0 Å². The summed E-state index contributed by atoms with van der Waals surface area (Å²) in [6.45, 7) is 1.95. The fraction of sp³-hybridized carbons (Fsp3) is 0.0455. The molecule has 2 N–H and O–H groups in total. The van der Waals surface area contributed by atoms with Crippen LogP contribution in [-0.4, -0.2) is 15.1 Å². The molecule has 0 spiro atoms. The van der Waals surface area contributed by atoms with Crippen LogP contribution in [0.1, 0.15) is 12.6 Å². The second-order valence-corrected chi connectivity index (χ2v) is 5.44. The van der Waals surface area contributed by atoms with Crippen LogP contribution >= 0.6 is 0 Å². The molecule has 3 rings (SSSR count). The fourth-order valence-corrected chi connectivity index (χ4v) is 2.65. The van der Waals surface area contributed by atoms with Crippen molar-refractivity contribution in [3.05, 3.63) is 78.5 Å². The Morgan fingerprint density at radius 1 is 1.12 bits per heavy atom. The summed E-state index contributed by atoms with van der Waals surface area (Å²) in [5.74, 6) is 3.31. The lowest BCUT2D eigenvalue weighted by Crippen LogP contribution is -1.86. The number of phenols is 1. The quantitative estimate of drug-likeness (QED) is 0.521. The number of nitrogens with zero attached hydrogens (tertiary/aromatic N) is 1. The Hall–Kier alpha value is -3.51. The molecule has 1 aromatic heterocycles. The highest BCUT2D eigenvalue weighted by atomic mass is 16.3. The normalized spacial score (nSPS) is 11.6. The number of para-hydroxylation sites is 1. The van der Waals surface area contributed by atoms with Gasteiger partial charge in [-0.05, 0) is 36.8 Å². The van der Waals surface area contributed by atoms with Crippen LogP contribution in [0.25, 0.3) is 28.2 Å². The average Bonchev–Trinajstić information content (AvgIpc) is 3.08. The number of imidazole rings is 1. The van der Waals surface area contributed by atoms with Crippen molar-refractivity contribution < 1.29 is 5.11 Å². The van der Waals surface area contributed by atoms with Gasteiger partial charge in [-0.25, -0.2) is 4.98 Å². The van der Waals surface area contributed by atoms with E-state index >= 15 is 0 Å². The number of rotatable bonds is 4. The van der Waals surface area contributed by atoms with Gasteiger partial charge in [0.15, 0.2) is 0 Å². The van der Waals surface area contributed by atoms with Gasteiger partial charge in [0.05, 0.1) is 17.0 Å². The first-order chi connectivity index (χ1) is 12.2. The van der Waals surface area contributed by atoms with E-state index in [0.29, 0.717) is 11.4 Å². The number of terminal acetylenes is 1. The standard InChI is InChI=1S/C22H18N2O/c1-3-5-11-16(4-2)20-21(17-12-7-6-8-13-17)24-22(23-20)18-14-9-10-15-19(18)25/h1,4-15,25H,2H3,(H,23,24)/b11-5-,16-4+. The molecule has 0 atom stereocenters. The van der Waals surface area contributed by atoms with Crippen LogP contribution < -0.4 is 0 Å². The summed E-state index contributed by atoms with van der Waals surface area (Å²) in [5.41, 5.74) is 4.25. The highest BCUT2D eigenvalue weighted by molar-refractivity contribution is 5.84. The first kappa shape index (κ1) is 16.4. The van der Waals surface area contributed by atoms with Crippen molar-refractivity contribution in [3.8, 4) is 40.7 Å². The van der Waals surface area contributed by atoms with Crippen molar-refractivity contribution in [1.82, 2.24) is 9.97 Å². The number of nitrogens with one attached hydrogen (secondary N) is 1. The Labute approximate surface area is 147 Å². The maximum atomic E-state index is 10.2. The molecule has 0 aliphatic carbocycles. The van der Waals surface area contributed by atoms with E-state index < -0.39 is 0 Å². The molecule has 0 aliphatic heterocycles. The third-order valence-electron chi connectivity index (χ3n) is 3.87. The van der Waals surface area contributed by atoms with Crippen molar-refractivity contribution in [1.29, 1.82) is 0 Å². The predicted molar refractivity (Wildman–Crippen MR) is 103 cm³/mol. The summed E-state index contributed by atoms with van der Waals surface area (Å²) in [5, 5.41) is 10.2. The molecule has 0 radical (unpaired) electrons. The SMILES string of the molecule is C#C/C=C\C(=C/C)c1[nH]c(-c2ccccc2O)nc1-c1ccccc1. The van der Waals surface area contributed by atoms with Gasteiger partial charge in [0.25, 0.3) is 0 Å². The van der Waals surface area contributed by atoms with E-state index in [1.54, 1.807) is 18.2 Å². The van der Waals surface area contributed by atoms with Gasteiger partial charge in [-0.1, -0.05) is 54.5 Å². The molecular weight excluding hydrogens is 308 g/mol. The predicted octanol–water partition coefficient (Wildman–Crippen LogP) is 5.04. The number of benzene rings is 2. The van der Waals surface area contributed by atoms with Crippen LogP contribution in [0.2, 0.25) is 0 Å². The molecule has 2 aromatic carbocycles. The van der Waals surface area contributed by atoms with E-state index in [1.807, 2.05) is 61.5 Å². The zero-order valence-electron chi connectivity index (χ0n) is 13.9. The number of aromatic hydroxyl groups is 1. The lowest BCUT2D eigenvalue weighted by molar-refractivity contribution is 0.477. The Bertz CT molecular complexity index is 973. The molecule has 3 nitrogen and oxygen atoms in total. The number of hydrogen-bond acceptors (Lipinski definition) is 2. The van der Waals surface area contributed by atoms with Gasteiger partial charge in [0.1, 0.15) is 11.6 Å². The van der Waals surface area contributed by atoms with Gasteiger partial charge in [-0.3, -0.25) is 0 Å². The van der Waals surface area contributed by atoms with E-state index in [4.69, 9.17) is 11.4 Å². The van der Waals surface area contributed by atoms with Crippen LogP contribution in [0.3, 0.4) is 0 Å². The third-order valence-corrected chi connectivity index (χ3v) is 3.87. The lowest BCUT2D eigenvalue weighted by Gasteiger charge is -2.03. The topological polar surface area (TPSA) is 48.9 Å². The number of aromatic amines is 1. The van der Waals surface area contributed by atoms with Crippen molar-refractivity contribution in [2.75, 3.05) is 0 Å². The maximum Gasteiger partial charge on any atom is 0.142 e. The molecule has 0 bridgehead atoms. The van der Waals surface area contributed by atoms with Gasteiger partial charge in [0, 0.05) is 5.56 Å². The molecule has 0 fully saturated rings. The van der Waals surface area contributed by atoms with Crippen LogP contribution in [0.4, 0.5) is 0 Å². The Morgan fingerprint density at radius 2 is 1.84 bits per heavy atom. The first-order valence-corrected chi connectivity index (χ1v) is 7.97. The minimum Gasteiger partial charge on any atom is -0.507 e. The molecule has 0 saturated heterocycles. The number of allylic oxidation sites excluding steroid dienone is 4. The van der Waals surface area contributed by atoms with Gasteiger partial charge < -0.3 is 10.1 Å². The van der Waals surface area contributed by atoms with E-state index in [0.717, 1.165) is 22.5 Å². The second-order valence-electron chi connectivity index (χ2n) is 5.44.